The molecule has 1 fully saturated rings. The van der Waals surface area contributed by atoms with Crippen molar-refractivity contribution in [2.45, 2.75) is 26.7 Å². The minimum Gasteiger partial charge on any atom is -0.465 e. The standard InChI is InChI=1S/C25H26N2O4S/c1-15-16(2)32-23(21(15)25(30)31-3)26-22(28)18-10-7-13-27(14-18)24(29)20-12-6-9-17-8-4-5-11-19(17)20/h4-6,8-9,11-12,18H,7,10,13-14H2,1-3H3,(H,26,28). The van der Waals surface area contributed by atoms with Gasteiger partial charge in [-0.1, -0.05) is 36.4 Å². The first-order valence-corrected chi connectivity index (χ1v) is 11.5. The smallest absolute Gasteiger partial charge is 0.341 e. The molecule has 1 aliphatic rings. The van der Waals surface area contributed by atoms with Crippen molar-refractivity contribution in [2.75, 3.05) is 25.5 Å². The zero-order valence-corrected chi connectivity index (χ0v) is 19.3. The van der Waals surface area contributed by atoms with Crippen molar-refractivity contribution >= 4 is 44.9 Å². The molecule has 1 aliphatic heterocycles. The lowest BCUT2D eigenvalue weighted by molar-refractivity contribution is -0.121. The van der Waals surface area contributed by atoms with Gasteiger partial charge in [0, 0.05) is 23.5 Å². The zero-order chi connectivity index (χ0) is 22.8. The summed E-state index contributed by atoms with van der Waals surface area (Å²) in [5.74, 6) is -1.03. The quantitative estimate of drug-likeness (QED) is 0.580. The van der Waals surface area contributed by atoms with Crippen LogP contribution in [0.4, 0.5) is 5.00 Å². The van der Waals surface area contributed by atoms with Crippen LogP contribution in [0, 0.1) is 19.8 Å². The average Bonchev–Trinajstić information content (AvgIpc) is 3.10. The van der Waals surface area contributed by atoms with Crippen molar-refractivity contribution in [1.82, 2.24) is 4.90 Å². The summed E-state index contributed by atoms with van der Waals surface area (Å²) in [6, 6.07) is 13.5. The normalized spacial score (nSPS) is 16.1. The van der Waals surface area contributed by atoms with Gasteiger partial charge in [-0.3, -0.25) is 9.59 Å². The van der Waals surface area contributed by atoms with E-state index >= 15 is 0 Å². The fourth-order valence-electron chi connectivity index (χ4n) is 4.23. The molecule has 7 heteroatoms. The highest BCUT2D eigenvalue weighted by Gasteiger charge is 2.31. The summed E-state index contributed by atoms with van der Waals surface area (Å²) in [7, 11) is 1.33. The van der Waals surface area contributed by atoms with E-state index in [2.05, 4.69) is 5.32 Å². The largest absolute Gasteiger partial charge is 0.465 e. The molecule has 166 valence electrons. The molecule has 1 saturated heterocycles. The third-order valence-electron chi connectivity index (χ3n) is 6.11. The molecule has 1 unspecified atom stereocenters. The lowest BCUT2D eigenvalue weighted by Crippen LogP contribution is -2.43. The van der Waals surface area contributed by atoms with Crippen molar-refractivity contribution in [2.24, 2.45) is 5.92 Å². The van der Waals surface area contributed by atoms with E-state index in [1.54, 1.807) is 4.90 Å². The third kappa shape index (κ3) is 4.12. The van der Waals surface area contributed by atoms with Crippen molar-refractivity contribution in [3.05, 3.63) is 64.0 Å². The van der Waals surface area contributed by atoms with Gasteiger partial charge in [0.1, 0.15) is 5.00 Å². The second kappa shape index (κ2) is 9.12. The Bertz CT molecular complexity index is 1190. The first-order valence-electron chi connectivity index (χ1n) is 10.7. The Labute approximate surface area is 191 Å². The van der Waals surface area contributed by atoms with Gasteiger partial charge in [-0.2, -0.15) is 0 Å². The number of rotatable bonds is 4. The van der Waals surface area contributed by atoms with Crippen LogP contribution in [0.25, 0.3) is 10.8 Å². The van der Waals surface area contributed by atoms with E-state index in [1.165, 1.54) is 18.4 Å². The molecular formula is C25H26N2O4S. The van der Waals surface area contributed by atoms with Crippen LogP contribution in [0.3, 0.4) is 0 Å². The van der Waals surface area contributed by atoms with Crippen molar-refractivity contribution in [1.29, 1.82) is 0 Å². The molecule has 1 aromatic heterocycles. The predicted octanol–water partition coefficient (Wildman–Crippen LogP) is 4.80. The van der Waals surface area contributed by atoms with Crippen LogP contribution in [0.5, 0.6) is 0 Å². The van der Waals surface area contributed by atoms with Crippen LogP contribution in [-0.4, -0.2) is 42.9 Å². The molecule has 0 spiro atoms. The van der Waals surface area contributed by atoms with Crippen molar-refractivity contribution in [3.8, 4) is 0 Å². The van der Waals surface area contributed by atoms with Crippen LogP contribution in [0.1, 0.15) is 44.0 Å². The number of fused-ring (bicyclic) bond motifs is 1. The van der Waals surface area contributed by atoms with Crippen LogP contribution in [0.2, 0.25) is 0 Å². The number of hydrogen-bond donors (Lipinski definition) is 1. The number of carbonyl (C=O) groups excluding carboxylic acids is 3. The van der Waals surface area contributed by atoms with Crippen molar-refractivity contribution < 1.29 is 19.1 Å². The SMILES string of the molecule is COC(=O)c1c(NC(=O)C2CCCN(C(=O)c3cccc4ccccc34)C2)sc(C)c1C. The van der Waals surface area contributed by atoms with Gasteiger partial charge < -0.3 is 15.0 Å². The van der Waals surface area contributed by atoms with Gasteiger partial charge in [-0.25, -0.2) is 4.79 Å². The molecule has 6 nitrogen and oxygen atoms in total. The number of aryl methyl sites for hydroxylation is 1. The monoisotopic (exact) mass is 450 g/mol. The number of hydrogen-bond acceptors (Lipinski definition) is 5. The summed E-state index contributed by atoms with van der Waals surface area (Å²) in [6.07, 6.45) is 1.45. The number of amides is 2. The van der Waals surface area contributed by atoms with Gasteiger partial charge >= 0.3 is 5.97 Å². The lowest BCUT2D eigenvalue weighted by atomic mass is 9.95. The van der Waals surface area contributed by atoms with E-state index in [1.807, 2.05) is 56.3 Å². The number of nitrogens with one attached hydrogen (secondary N) is 1. The molecule has 0 bridgehead atoms. The summed E-state index contributed by atoms with van der Waals surface area (Å²) in [6.45, 7) is 4.73. The number of likely N-dealkylation sites (tertiary alicyclic amines) is 1. The topological polar surface area (TPSA) is 75.7 Å². The highest BCUT2D eigenvalue weighted by molar-refractivity contribution is 7.16. The Kier molecular flexibility index (Phi) is 6.28. The maximum atomic E-state index is 13.3. The number of carbonyl (C=O) groups is 3. The highest BCUT2D eigenvalue weighted by atomic mass is 32.1. The second-order valence-corrected chi connectivity index (χ2v) is 9.31. The molecule has 32 heavy (non-hydrogen) atoms. The molecule has 0 radical (unpaired) electrons. The summed E-state index contributed by atoms with van der Waals surface area (Å²) < 4.78 is 4.89. The van der Waals surface area contributed by atoms with Crippen LogP contribution in [0.15, 0.2) is 42.5 Å². The molecule has 2 aromatic carbocycles. The lowest BCUT2D eigenvalue weighted by Gasteiger charge is -2.32. The summed E-state index contributed by atoms with van der Waals surface area (Å²) in [5.41, 5.74) is 1.87. The minimum atomic E-state index is -0.460. The number of thiophene rings is 1. The molecule has 1 N–H and O–H groups in total. The Morgan fingerprint density at radius 1 is 1.09 bits per heavy atom. The van der Waals surface area contributed by atoms with Crippen molar-refractivity contribution in [3.63, 3.8) is 0 Å². The average molecular weight is 451 g/mol. The first kappa shape index (κ1) is 22.0. The van der Waals surface area contributed by atoms with E-state index in [-0.39, 0.29) is 17.7 Å². The van der Waals surface area contributed by atoms with Crippen LogP contribution < -0.4 is 5.32 Å². The summed E-state index contributed by atoms with van der Waals surface area (Å²) in [5, 5.41) is 5.37. The van der Waals surface area contributed by atoms with Crippen LogP contribution in [-0.2, 0) is 9.53 Å². The fourth-order valence-corrected chi connectivity index (χ4v) is 5.29. The Balaban J connectivity index is 1.52. The number of methoxy groups -OCH3 is 1. The molecular weight excluding hydrogens is 424 g/mol. The third-order valence-corrected chi connectivity index (χ3v) is 7.23. The molecule has 2 amide bonds. The number of anilines is 1. The Hall–Kier alpha value is -3.19. The molecule has 1 atom stereocenters. The number of nitrogens with zero attached hydrogens (tertiary/aromatic N) is 1. The van der Waals surface area contributed by atoms with Gasteiger partial charge in [0.05, 0.1) is 18.6 Å². The van der Waals surface area contributed by atoms with E-state index < -0.39 is 5.97 Å². The van der Waals surface area contributed by atoms with E-state index in [9.17, 15) is 14.4 Å². The van der Waals surface area contributed by atoms with E-state index in [0.717, 1.165) is 27.6 Å². The van der Waals surface area contributed by atoms with Gasteiger partial charge in [0.15, 0.2) is 0 Å². The molecule has 0 aliphatic carbocycles. The number of ether oxygens (including phenoxy) is 1. The Morgan fingerprint density at radius 3 is 2.62 bits per heavy atom. The minimum absolute atomic E-state index is 0.0580. The van der Waals surface area contributed by atoms with Gasteiger partial charge in [0.25, 0.3) is 5.91 Å². The zero-order valence-electron chi connectivity index (χ0n) is 18.4. The number of esters is 1. The molecule has 3 aromatic rings. The van der Waals surface area contributed by atoms with Gasteiger partial charge in [-0.05, 0) is 49.1 Å². The maximum absolute atomic E-state index is 13.3. The molecule has 2 heterocycles. The second-order valence-electron chi connectivity index (χ2n) is 8.09. The number of piperidine rings is 1. The van der Waals surface area contributed by atoms with E-state index in [0.29, 0.717) is 35.6 Å². The molecule has 4 rings (SSSR count). The van der Waals surface area contributed by atoms with Gasteiger partial charge in [0.2, 0.25) is 5.91 Å². The summed E-state index contributed by atoms with van der Waals surface area (Å²) >= 11 is 1.37. The Morgan fingerprint density at radius 2 is 1.84 bits per heavy atom. The maximum Gasteiger partial charge on any atom is 0.341 e. The van der Waals surface area contributed by atoms with Crippen LogP contribution >= 0.6 is 11.3 Å². The summed E-state index contributed by atoms with van der Waals surface area (Å²) in [4.78, 5) is 41.3. The first-order chi connectivity index (χ1) is 15.4. The predicted molar refractivity (Wildman–Crippen MR) is 126 cm³/mol. The fraction of sp³-hybridized carbons (Fsp3) is 0.320. The molecule has 0 saturated carbocycles. The van der Waals surface area contributed by atoms with Gasteiger partial charge in [-0.15, -0.1) is 11.3 Å². The number of benzene rings is 2. The van der Waals surface area contributed by atoms with E-state index in [4.69, 9.17) is 4.74 Å². The highest BCUT2D eigenvalue weighted by Crippen LogP contribution is 2.34.